The van der Waals surface area contributed by atoms with Crippen molar-refractivity contribution in [3.8, 4) is 10.6 Å². The van der Waals surface area contributed by atoms with Crippen LogP contribution in [0.1, 0.15) is 31.2 Å². The van der Waals surface area contributed by atoms with Crippen molar-refractivity contribution in [1.29, 1.82) is 0 Å². The maximum atomic E-state index is 13.5. The van der Waals surface area contributed by atoms with Crippen molar-refractivity contribution in [3.05, 3.63) is 34.5 Å². The lowest BCUT2D eigenvalue weighted by Gasteiger charge is -2.30. The summed E-state index contributed by atoms with van der Waals surface area (Å²) in [5.74, 6) is -0.272. The van der Waals surface area contributed by atoms with Crippen LogP contribution in [0.4, 0.5) is 14.2 Å². The van der Waals surface area contributed by atoms with E-state index in [0.29, 0.717) is 24.5 Å². The molecule has 0 atom stereocenters. The van der Waals surface area contributed by atoms with Crippen molar-refractivity contribution in [3.63, 3.8) is 0 Å². The second-order valence-corrected chi connectivity index (χ2v) is 9.69. The first-order valence-electron chi connectivity index (χ1n) is 8.65. The van der Waals surface area contributed by atoms with Crippen LogP contribution in [-0.2, 0) is 17.7 Å². The molecule has 1 aliphatic heterocycles. The highest BCUT2D eigenvalue weighted by molar-refractivity contribution is 7.22. The number of rotatable bonds is 1. The third-order valence-corrected chi connectivity index (χ3v) is 6.38. The third kappa shape index (κ3) is 3.51. The summed E-state index contributed by atoms with van der Waals surface area (Å²) in [7, 11) is 0. The molecule has 2 aromatic heterocycles. The number of nitrogens with two attached hydrogens (primary N) is 1. The van der Waals surface area contributed by atoms with Crippen LogP contribution in [0, 0.1) is 5.82 Å². The van der Waals surface area contributed by atoms with Gasteiger partial charge in [-0.2, -0.15) is 0 Å². The summed E-state index contributed by atoms with van der Waals surface area (Å²) in [4.78, 5) is 19.8. The molecule has 1 amide bonds. The Morgan fingerprint density at radius 2 is 2.11 bits per heavy atom. The minimum Gasteiger partial charge on any atom is -0.444 e. The van der Waals surface area contributed by atoms with Crippen LogP contribution in [0.3, 0.4) is 0 Å². The first-order valence-corrected chi connectivity index (χ1v) is 10.3. The number of thiophene rings is 1. The Hall–Kier alpha value is -2.19. The Bertz CT molecular complexity index is 1040. The van der Waals surface area contributed by atoms with Crippen molar-refractivity contribution in [2.24, 2.45) is 0 Å². The van der Waals surface area contributed by atoms with Gasteiger partial charge in [0, 0.05) is 17.0 Å². The van der Waals surface area contributed by atoms with E-state index in [9.17, 15) is 9.18 Å². The lowest BCUT2D eigenvalue weighted by Crippen LogP contribution is -2.39. The number of hydrogen-bond donors (Lipinski definition) is 1. The van der Waals surface area contributed by atoms with Gasteiger partial charge < -0.3 is 15.4 Å². The monoisotopic (exact) mass is 405 g/mol. The zero-order valence-corrected chi connectivity index (χ0v) is 17.0. The Morgan fingerprint density at radius 3 is 2.85 bits per heavy atom. The van der Waals surface area contributed by atoms with Gasteiger partial charge in [-0.25, -0.2) is 14.2 Å². The molecule has 5 nitrogen and oxygen atoms in total. The van der Waals surface area contributed by atoms with Gasteiger partial charge in [0.2, 0.25) is 0 Å². The van der Waals surface area contributed by atoms with E-state index in [0.717, 1.165) is 31.2 Å². The normalized spacial score (nSPS) is 14.4. The summed E-state index contributed by atoms with van der Waals surface area (Å²) < 4.78 is 19.8. The molecule has 1 aromatic carbocycles. The number of fused-ring (bicyclic) bond motifs is 2. The highest BCUT2D eigenvalue weighted by Crippen LogP contribution is 2.44. The minimum atomic E-state index is -0.521. The average Bonchev–Trinajstić information content (AvgIpc) is 3.11. The fourth-order valence-electron chi connectivity index (χ4n) is 3.15. The number of hydrogen-bond acceptors (Lipinski definition) is 6. The van der Waals surface area contributed by atoms with E-state index in [4.69, 9.17) is 10.5 Å². The lowest BCUT2D eigenvalue weighted by atomic mass is 10.0. The number of nitrogens with zero attached hydrogens (tertiary/aromatic N) is 2. The fourth-order valence-corrected chi connectivity index (χ4v) is 5.42. The molecular formula is C19H20FN3O2S2. The van der Waals surface area contributed by atoms with Crippen LogP contribution in [-0.4, -0.2) is 28.1 Å². The van der Waals surface area contributed by atoms with E-state index in [-0.39, 0.29) is 11.9 Å². The molecule has 3 heterocycles. The van der Waals surface area contributed by atoms with Crippen molar-refractivity contribution >= 4 is 44.0 Å². The van der Waals surface area contributed by atoms with Crippen molar-refractivity contribution in [2.45, 2.75) is 39.3 Å². The largest absolute Gasteiger partial charge is 0.444 e. The molecule has 142 valence electrons. The van der Waals surface area contributed by atoms with Gasteiger partial charge in [-0.05, 0) is 51.0 Å². The molecule has 3 aromatic rings. The SMILES string of the molecule is CC(C)(C)OC(=O)N1CCc2c(sc(N)c2-c2nc3ccc(F)cc3s2)C1. The predicted octanol–water partition coefficient (Wildman–Crippen LogP) is 5.04. The first-order chi connectivity index (χ1) is 12.7. The smallest absolute Gasteiger partial charge is 0.410 e. The molecule has 0 aliphatic carbocycles. The number of amides is 1. The zero-order valence-electron chi connectivity index (χ0n) is 15.3. The Balaban J connectivity index is 1.65. The van der Waals surface area contributed by atoms with Gasteiger partial charge in [0.25, 0.3) is 0 Å². The first kappa shape index (κ1) is 18.2. The number of benzene rings is 1. The lowest BCUT2D eigenvalue weighted by molar-refractivity contribution is 0.0227. The van der Waals surface area contributed by atoms with Gasteiger partial charge in [0.05, 0.1) is 21.8 Å². The molecule has 0 fully saturated rings. The van der Waals surface area contributed by atoms with Gasteiger partial charge in [-0.3, -0.25) is 0 Å². The average molecular weight is 406 g/mol. The van der Waals surface area contributed by atoms with Crippen molar-refractivity contribution < 1.29 is 13.9 Å². The molecule has 0 spiro atoms. The van der Waals surface area contributed by atoms with Crippen LogP contribution in [0.15, 0.2) is 18.2 Å². The van der Waals surface area contributed by atoms with Gasteiger partial charge in [-0.1, -0.05) is 0 Å². The summed E-state index contributed by atoms with van der Waals surface area (Å²) in [6, 6.07) is 4.59. The fraction of sp³-hybridized carbons (Fsp3) is 0.368. The van der Waals surface area contributed by atoms with E-state index in [1.165, 1.54) is 34.8 Å². The van der Waals surface area contributed by atoms with Gasteiger partial charge in [0.15, 0.2) is 0 Å². The van der Waals surface area contributed by atoms with Gasteiger partial charge in [-0.15, -0.1) is 22.7 Å². The van der Waals surface area contributed by atoms with Crippen molar-refractivity contribution in [2.75, 3.05) is 12.3 Å². The van der Waals surface area contributed by atoms with Crippen LogP contribution in [0.5, 0.6) is 0 Å². The topological polar surface area (TPSA) is 68.5 Å². The number of ether oxygens (including phenoxy) is 1. The summed E-state index contributed by atoms with van der Waals surface area (Å²) in [6.45, 7) is 6.63. The summed E-state index contributed by atoms with van der Waals surface area (Å²) in [5.41, 5.74) is 8.62. The number of aromatic nitrogens is 1. The third-order valence-electron chi connectivity index (χ3n) is 4.30. The van der Waals surface area contributed by atoms with Gasteiger partial charge in [0.1, 0.15) is 16.4 Å². The Labute approximate surface area is 164 Å². The van der Waals surface area contributed by atoms with Crippen LogP contribution < -0.4 is 5.73 Å². The molecule has 2 N–H and O–H groups in total. The summed E-state index contributed by atoms with van der Waals surface area (Å²) >= 11 is 2.93. The Morgan fingerprint density at radius 1 is 1.33 bits per heavy atom. The number of thiazole rings is 1. The molecule has 8 heteroatoms. The van der Waals surface area contributed by atoms with Crippen LogP contribution in [0.25, 0.3) is 20.8 Å². The number of anilines is 1. The second kappa shape index (κ2) is 6.45. The molecule has 0 saturated heterocycles. The second-order valence-electron chi connectivity index (χ2n) is 7.53. The predicted molar refractivity (Wildman–Crippen MR) is 108 cm³/mol. The number of halogens is 1. The molecular weight excluding hydrogens is 385 g/mol. The maximum absolute atomic E-state index is 13.5. The summed E-state index contributed by atoms with van der Waals surface area (Å²) in [5, 5.41) is 1.49. The molecule has 1 aliphatic rings. The van der Waals surface area contributed by atoms with E-state index in [1.54, 1.807) is 11.0 Å². The minimum absolute atomic E-state index is 0.272. The zero-order chi connectivity index (χ0) is 19.3. The maximum Gasteiger partial charge on any atom is 0.410 e. The molecule has 0 saturated carbocycles. The van der Waals surface area contributed by atoms with E-state index in [2.05, 4.69) is 4.98 Å². The number of carbonyl (C=O) groups is 1. The quantitative estimate of drug-likeness (QED) is 0.616. The van der Waals surface area contributed by atoms with Gasteiger partial charge >= 0.3 is 6.09 Å². The number of nitrogen functional groups attached to an aromatic ring is 1. The Kier molecular flexibility index (Phi) is 4.35. The van der Waals surface area contributed by atoms with Crippen molar-refractivity contribution in [1.82, 2.24) is 9.88 Å². The molecule has 0 unspecified atom stereocenters. The molecule has 4 rings (SSSR count). The molecule has 0 radical (unpaired) electrons. The van der Waals surface area contributed by atoms with E-state index < -0.39 is 5.60 Å². The molecule has 0 bridgehead atoms. The van der Waals surface area contributed by atoms with E-state index >= 15 is 0 Å². The standard InChI is InChI=1S/C19H20FN3O2S2/c1-19(2,3)25-18(24)23-7-6-11-14(9-23)26-16(21)15(11)17-22-12-5-4-10(20)8-13(12)27-17/h4-5,8H,6-7,9,21H2,1-3H3. The number of carbonyl (C=O) groups excluding carboxylic acids is 1. The van der Waals surface area contributed by atoms with E-state index in [1.807, 2.05) is 20.8 Å². The van der Waals surface area contributed by atoms with Crippen LogP contribution in [0.2, 0.25) is 0 Å². The molecule has 27 heavy (non-hydrogen) atoms. The highest BCUT2D eigenvalue weighted by Gasteiger charge is 2.30. The van der Waals surface area contributed by atoms with Crippen LogP contribution >= 0.6 is 22.7 Å². The summed E-state index contributed by atoms with van der Waals surface area (Å²) in [6.07, 6.45) is 0.388. The highest BCUT2D eigenvalue weighted by atomic mass is 32.1.